The van der Waals surface area contributed by atoms with Gasteiger partial charge in [-0.3, -0.25) is 10.1 Å². The minimum atomic E-state index is -0.362. The third kappa shape index (κ3) is 4.32. The predicted molar refractivity (Wildman–Crippen MR) is 69.3 cm³/mol. The maximum atomic E-state index is 10.9. The van der Waals surface area contributed by atoms with Crippen molar-refractivity contribution in [1.29, 1.82) is 0 Å². The van der Waals surface area contributed by atoms with Crippen LogP contribution in [0.2, 0.25) is 5.02 Å². The van der Waals surface area contributed by atoms with Gasteiger partial charge in [-0.1, -0.05) is 24.9 Å². The Hall–Kier alpha value is -1.13. The zero-order valence-corrected chi connectivity index (χ0v) is 10.9. The normalized spacial score (nSPS) is 10.8. The molecule has 94 valence electrons. The van der Waals surface area contributed by atoms with Crippen LogP contribution < -0.4 is 0 Å². The first-order chi connectivity index (χ1) is 8.04. The molecule has 0 aliphatic carbocycles. The van der Waals surface area contributed by atoms with Gasteiger partial charge in [0.2, 0.25) is 0 Å². The Balaban J connectivity index is 2.81. The molecule has 0 aliphatic heterocycles. The van der Waals surface area contributed by atoms with E-state index in [0.717, 1.165) is 19.4 Å². The fourth-order valence-corrected chi connectivity index (χ4v) is 1.85. The van der Waals surface area contributed by atoms with Gasteiger partial charge in [0, 0.05) is 23.2 Å². The first-order valence-electron chi connectivity index (χ1n) is 5.66. The van der Waals surface area contributed by atoms with E-state index in [9.17, 15) is 10.1 Å². The van der Waals surface area contributed by atoms with Crippen molar-refractivity contribution in [3.05, 3.63) is 38.9 Å². The van der Waals surface area contributed by atoms with Crippen molar-refractivity contribution in [2.45, 2.75) is 26.3 Å². The Morgan fingerprint density at radius 2 is 2.18 bits per heavy atom. The summed E-state index contributed by atoms with van der Waals surface area (Å²) in [4.78, 5) is 12.6. The van der Waals surface area contributed by atoms with Crippen LogP contribution in [0.15, 0.2) is 18.2 Å². The summed E-state index contributed by atoms with van der Waals surface area (Å²) in [7, 11) is 1.96. The van der Waals surface area contributed by atoms with E-state index in [4.69, 9.17) is 11.6 Å². The first-order valence-corrected chi connectivity index (χ1v) is 6.03. The molecule has 0 saturated carbocycles. The summed E-state index contributed by atoms with van der Waals surface area (Å²) in [6.07, 6.45) is 2.20. The van der Waals surface area contributed by atoms with Crippen molar-refractivity contribution >= 4 is 17.3 Å². The highest BCUT2D eigenvalue weighted by Crippen LogP contribution is 2.23. The van der Waals surface area contributed by atoms with Gasteiger partial charge in [0.15, 0.2) is 0 Å². The predicted octanol–water partition coefficient (Wildman–Crippen LogP) is 3.48. The number of nitrogens with zero attached hydrogens (tertiary/aromatic N) is 2. The molecule has 0 aliphatic rings. The first kappa shape index (κ1) is 13.9. The summed E-state index contributed by atoms with van der Waals surface area (Å²) in [5.74, 6) is 0. The summed E-state index contributed by atoms with van der Waals surface area (Å²) in [5, 5.41) is 11.4. The quantitative estimate of drug-likeness (QED) is 0.578. The van der Waals surface area contributed by atoms with Crippen LogP contribution in [0.4, 0.5) is 5.69 Å². The molecule has 0 radical (unpaired) electrons. The van der Waals surface area contributed by atoms with Crippen LogP contribution in [0.25, 0.3) is 0 Å². The van der Waals surface area contributed by atoms with Crippen molar-refractivity contribution in [2.24, 2.45) is 0 Å². The molecule has 0 bridgehead atoms. The highest BCUT2D eigenvalue weighted by atomic mass is 35.5. The van der Waals surface area contributed by atoms with Gasteiger partial charge < -0.3 is 4.90 Å². The SMILES string of the molecule is CCCCN(C)Cc1cc(Cl)ccc1[N+](=O)[O-]. The molecular weight excluding hydrogens is 240 g/mol. The molecule has 0 spiro atoms. The lowest BCUT2D eigenvalue weighted by Gasteiger charge is -2.16. The molecule has 0 unspecified atom stereocenters. The maximum absolute atomic E-state index is 10.9. The molecule has 0 heterocycles. The lowest BCUT2D eigenvalue weighted by atomic mass is 10.1. The van der Waals surface area contributed by atoms with Crippen LogP contribution in [-0.2, 0) is 6.54 Å². The number of nitro benzene ring substituents is 1. The minimum absolute atomic E-state index is 0.137. The zero-order valence-electron chi connectivity index (χ0n) is 10.1. The molecule has 0 saturated heterocycles. The fourth-order valence-electron chi connectivity index (χ4n) is 1.66. The van der Waals surface area contributed by atoms with Gasteiger partial charge in [-0.05, 0) is 32.1 Å². The largest absolute Gasteiger partial charge is 0.302 e. The maximum Gasteiger partial charge on any atom is 0.273 e. The molecule has 17 heavy (non-hydrogen) atoms. The lowest BCUT2D eigenvalue weighted by Crippen LogP contribution is -2.19. The number of unbranched alkanes of at least 4 members (excludes halogenated alkanes) is 1. The van der Waals surface area contributed by atoms with Crippen LogP contribution in [0.5, 0.6) is 0 Å². The van der Waals surface area contributed by atoms with Gasteiger partial charge in [0.05, 0.1) is 4.92 Å². The molecule has 1 aromatic carbocycles. The standard InChI is InChI=1S/C12H17ClN2O2/c1-3-4-7-14(2)9-10-8-11(13)5-6-12(10)15(16)17/h5-6,8H,3-4,7,9H2,1-2H3. The third-order valence-electron chi connectivity index (χ3n) is 2.57. The number of halogens is 1. The Kier molecular flexibility index (Phi) is 5.38. The molecule has 1 aromatic rings. The summed E-state index contributed by atoms with van der Waals surface area (Å²) in [6.45, 7) is 3.60. The van der Waals surface area contributed by atoms with Crippen molar-refractivity contribution in [2.75, 3.05) is 13.6 Å². The highest BCUT2D eigenvalue weighted by molar-refractivity contribution is 6.30. The monoisotopic (exact) mass is 256 g/mol. The van der Waals surface area contributed by atoms with E-state index in [1.165, 1.54) is 6.07 Å². The average Bonchev–Trinajstić information content (AvgIpc) is 2.26. The average molecular weight is 257 g/mol. The molecule has 0 amide bonds. The minimum Gasteiger partial charge on any atom is -0.302 e. The molecule has 0 aromatic heterocycles. The molecule has 0 atom stereocenters. The van der Waals surface area contributed by atoms with Crippen LogP contribution >= 0.6 is 11.6 Å². The van der Waals surface area contributed by atoms with Crippen LogP contribution in [0.1, 0.15) is 25.3 Å². The summed E-state index contributed by atoms with van der Waals surface area (Å²) >= 11 is 5.87. The smallest absolute Gasteiger partial charge is 0.273 e. The Morgan fingerprint density at radius 3 is 2.76 bits per heavy atom. The molecule has 4 nitrogen and oxygen atoms in total. The second-order valence-corrected chi connectivity index (χ2v) is 4.56. The van der Waals surface area contributed by atoms with E-state index in [2.05, 4.69) is 11.8 Å². The van der Waals surface area contributed by atoms with Crippen molar-refractivity contribution in [3.63, 3.8) is 0 Å². The van der Waals surface area contributed by atoms with Crippen molar-refractivity contribution < 1.29 is 4.92 Å². The van der Waals surface area contributed by atoms with Gasteiger partial charge >= 0.3 is 0 Å². The fraction of sp³-hybridized carbons (Fsp3) is 0.500. The van der Waals surface area contributed by atoms with Gasteiger partial charge in [-0.2, -0.15) is 0 Å². The Labute approximate surface area is 106 Å². The van der Waals surface area contributed by atoms with Gasteiger partial charge in [-0.25, -0.2) is 0 Å². The van der Waals surface area contributed by atoms with Crippen molar-refractivity contribution in [1.82, 2.24) is 4.90 Å². The van der Waals surface area contributed by atoms with E-state index in [1.54, 1.807) is 12.1 Å². The molecule has 0 N–H and O–H groups in total. The zero-order chi connectivity index (χ0) is 12.8. The number of rotatable bonds is 6. The van der Waals surface area contributed by atoms with E-state index in [0.29, 0.717) is 17.1 Å². The molecule has 1 rings (SSSR count). The number of nitro groups is 1. The topological polar surface area (TPSA) is 46.4 Å². The second-order valence-electron chi connectivity index (χ2n) is 4.12. The molecule has 0 fully saturated rings. The Morgan fingerprint density at radius 1 is 1.47 bits per heavy atom. The summed E-state index contributed by atoms with van der Waals surface area (Å²) in [6, 6.07) is 4.68. The van der Waals surface area contributed by atoms with Gasteiger partial charge in [0.1, 0.15) is 0 Å². The summed E-state index contributed by atoms with van der Waals surface area (Å²) in [5.41, 5.74) is 0.804. The highest BCUT2D eigenvalue weighted by Gasteiger charge is 2.15. The van der Waals surface area contributed by atoms with Crippen LogP contribution in [0.3, 0.4) is 0 Å². The number of hydrogen-bond acceptors (Lipinski definition) is 3. The third-order valence-corrected chi connectivity index (χ3v) is 2.81. The number of benzene rings is 1. The second kappa shape index (κ2) is 6.57. The van der Waals surface area contributed by atoms with E-state index >= 15 is 0 Å². The Bertz CT molecular complexity index is 396. The molecular formula is C12H17ClN2O2. The van der Waals surface area contributed by atoms with Crippen LogP contribution in [-0.4, -0.2) is 23.4 Å². The van der Waals surface area contributed by atoms with Crippen molar-refractivity contribution in [3.8, 4) is 0 Å². The van der Waals surface area contributed by atoms with E-state index in [1.807, 2.05) is 7.05 Å². The van der Waals surface area contributed by atoms with Crippen LogP contribution in [0, 0.1) is 10.1 Å². The van der Waals surface area contributed by atoms with E-state index in [-0.39, 0.29) is 10.6 Å². The lowest BCUT2D eigenvalue weighted by molar-refractivity contribution is -0.385. The molecule has 5 heteroatoms. The number of hydrogen-bond donors (Lipinski definition) is 0. The van der Waals surface area contributed by atoms with Gasteiger partial charge in [0.25, 0.3) is 5.69 Å². The summed E-state index contributed by atoms with van der Waals surface area (Å²) < 4.78 is 0. The van der Waals surface area contributed by atoms with E-state index < -0.39 is 0 Å². The van der Waals surface area contributed by atoms with Gasteiger partial charge in [-0.15, -0.1) is 0 Å².